The van der Waals surface area contributed by atoms with E-state index in [0.29, 0.717) is 11.2 Å². The van der Waals surface area contributed by atoms with Crippen LogP contribution < -0.4 is 0 Å². The second-order valence-corrected chi connectivity index (χ2v) is 7.58. The Labute approximate surface area is 166 Å². The van der Waals surface area contributed by atoms with Gasteiger partial charge in [-0.15, -0.1) is 0 Å². The molecule has 1 aliphatic heterocycles. The zero-order valence-electron chi connectivity index (χ0n) is 16.0. The Bertz CT molecular complexity index is 1200. The Kier molecular flexibility index (Phi) is 4.18. The van der Waals surface area contributed by atoms with Crippen molar-refractivity contribution in [2.45, 2.75) is 37.6 Å². The molecule has 0 radical (unpaired) electrons. The smallest absolute Gasteiger partial charge is 0.164 e. The van der Waals surface area contributed by atoms with Crippen LogP contribution in [0.25, 0.3) is 21.9 Å². The molecule has 3 N–H and O–H groups in total. The van der Waals surface area contributed by atoms with Crippen molar-refractivity contribution >= 4 is 21.9 Å². The molecular formula is C21H22N4O4. The average Bonchev–Trinajstić information content (AvgIpc) is 3.39. The highest BCUT2D eigenvalue weighted by molar-refractivity contribution is 5.81. The Morgan fingerprint density at radius 3 is 2.72 bits per heavy atom. The fourth-order valence-electron chi connectivity index (χ4n) is 4.13. The number of fused-ring (bicyclic) bond motifs is 2. The SMILES string of the molecule is Cc1ncnc2c1ccn2C1OC(C(O)c2ccc3ccn(C)c3c2)C(O)C1O. The summed E-state index contributed by atoms with van der Waals surface area (Å²) in [4.78, 5) is 8.46. The first-order chi connectivity index (χ1) is 14.0. The molecule has 0 amide bonds. The van der Waals surface area contributed by atoms with Crippen molar-refractivity contribution in [3.8, 4) is 0 Å². The molecule has 8 nitrogen and oxygen atoms in total. The lowest BCUT2D eigenvalue weighted by Crippen LogP contribution is -2.34. The van der Waals surface area contributed by atoms with Crippen molar-refractivity contribution in [2.75, 3.05) is 0 Å². The highest BCUT2D eigenvalue weighted by atomic mass is 16.6. The molecule has 150 valence electrons. The largest absolute Gasteiger partial charge is 0.387 e. The Morgan fingerprint density at radius 2 is 1.90 bits per heavy atom. The van der Waals surface area contributed by atoms with Crippen LogP contribution in [0.15, 0.2) is 49.1 Å². The molecule has 0 bridgehead atoms. The minimum absolute atomic E-state index is 0.606. The van der Waals surface area contributed by atoms with E-state index in [-0.39, 0.29) is 0 Å². The monoisotopic (exact) mass is 394 g/mol. The summed E-state index contributed by atoms with van der Waals surface area (Å²) in [6.07, 6.45) is -0.252. The van der Waals surface area contributed by atoms with Gasteiger partial charge in [-0.3, -0.25) is 0 Å². The zero-order valence-corrected chi connectivity index (χ0v) is 16.0. The van der Waals surface area contributed by atoms with Crippen LogP contribution in [0.1, 0.15) is 23.6 Å². The number of aliphatic hydroxyl groups is 3. The predicted molar refractivity (Wildman–Crippen MR) is 106 cm³/mol. The van der Waals surface area contributed by atoms with Gasteiger partial charge in [0.1, 0.15) is 36.4 Å². The molecule has 8 heteroatoms. The van der Waals surface area contributed by atoms with Crippen LogP contribution in [0.3, 0.4) is 0 Å². The maximum atomic E-state index is 10.9. The standard InChI is InChI=1S/C21H22N4O4/c1-11-14-6-8-25(20(14)23-10-22-11)21-18(28)17(27)19(29-21)16(26)13-4-3-12-5-7-24(2)15(12)9-13/h3-10,16-19,21,26-28H,1-2H3. The van der Waals surface area contributed by atoms with Gasteiger partial charge in [0.05, 0.1) is 5.69 Å². The van der Waals surface area contributed by atoms with E-state index in [2.05, 4.69) is 9.97 Å². The summed E-state index contributed by atoms with van der Waals surface area (Å²) in [7, 11) is 1.93. The van der Waals surface area contributed by atoms with Gasteiger partial charge in [0.2, 0.25) is 0 Å². The number of hydrogen-bond acceptors (Lipinski definition) is 6. The molecule has 0 spiro atoms. The van der Waals surface area contributed by atoms with Crippen molar-refractivity contribution < 1.29 is 20.1 Å². The van der Waals surface area contributed by atoms with Gasteiger partial charge in [-0.25, -0.2) is 9.97 Å². The summed E-state index contributed by atoms with van der Waals surface area (Å²) in [5.41, 5.74) is 3.00. The number of aryl methyl sites for hydroxylation is 2. The van der Waals surface area contributed by atoms with Crippen LogP contribution in [0.5, 0.6) is 0 Å². The predicted octanol–water partition coefficient (Wildman–Crippen LogP) is 1.58. The number of ether oxygens (including phenoxy) is 1. The quantitative estimate of drug-likeness (QED) is 0.487. The zero-order chi connectivity index (χ0) is 20.3. The summed E-state index contributed by atoms with van der Waals surface area (Å²) in [6, 6.07) is 9.44. The molecule has 29 heavy (non-hydrogen) atoms. The molecule has 5 atom stereocenters. The minimum atomic E-state index is -1.25. The first-order valence-corrected chi connectivity index (χ1v) is 9.48. The molecule has 1 saturated heterocycles. The van der Waals surface area contributed by atoms with Crippen LogP contribution >= 0.6 is 0 Å². The number of benzene rings is 1. The van der Waals surface area contributed by atoms with Gasteiger partial charge in [0.25, 0.3) is 0 Å². The normalized spacial score (nSPS) is 25.8. The molecule has 5 rings (SSSR count). The first-order valence-electron chi connectivity index (χ1n) is 9.48. The summed E-state index contributed by atoms with van der Waals surface area (Å²) >= 11 is 0. The van der Waals surface area contributed by atoms with Crippen molar-refractivity contribution in [1.82, 2.24) is 19.1 Å². The van der Waals surface area contributed by atoms with Crippen molar-refractivity contribution in [2.24, 2.45) is 7.05 Å². The van der Waals surface area contributed by atoms with Crippen LogP contribution in [0.2, 0.25) is 0 Å². The molecular weight excluding hydrogens is 372 g/mol. The first kappa shape index (κ1) is 18.3. The number of aliphatic hydroxyl groups excluding tert-OH is 3. The minimum Gasteiger partial charge on any atom is -0.387 e. The Morgan fingerprint density at radius 1 is 1.07 bits per heavy atom. The lowest BCUT2D eigenvalue weighted by molar-refractivity contribution is -0.0848. The van der Waals surface area contributed by atoms with Gasteiger partial charge in [0.15, 0.2) is 6.23 Å². The van der Waals surface area contributed by atoms with Gasteiger partial charge in [-0.05, 0) is 36.1 Å². The van der Waals surface area contributed by atoms with Gasteiger partial charge in [0, 0.05) is 30.3 Å². The number of hydrogen-bond donors (Lipinski definition) is 3. The topological polar surface area (TPSA) is 106 Å². The molecule has 1 aliphatic rings. The number of nitrogens with zero attached hydrogens (tertiary/aromatic N) is 4. The second kappa shape index (κ2) is 6.64. The van der Waals surface area contributed by atoms with Crippen LogP contribution in [-0.4, -0.2) is 52.7 Å². The highest BCUT2D eigenvalue weighted by Gasteiger charge is 2.47. The van der Waals surface area contributed by atoms with E-state index >= 15 is 0 Å². The van der Waals surface area contributed by atoms with E-state index in [0.717, 1.165) is 22.0 Å². The number of rotatable bonds is 3. The lowest BCUT2D eigenvalue weighted by atomic mass is 9.98. The van der Waals surface area contributed by atoms with Crippen LogP contribution in [0.4, 0.5) is 0 Å². The van der Waals surface area contributed by atoms with E-state index in [1.54, 1.807) is 10.8 Å². The third-order valence-electron chi connectivity index (χ3n) is 5.82. The van der Waals surface area contributed by atoms with Crippen LogP contribution in [0, 0.1) is 6.92 Å². The fraction of sp³-hybridized carbons (Fsp3) is 0.333. The second-order valence-electron chi connectivity index (χ2n) is 7.58. The maximum Gasteiger partial charge on any atom is 0.164 e. The summed E-state index contributed by atoms with van der Waals surface area (Å²) in [5, 5.41) is 34.1. The maximum absolute atomic E-state index is 10.9. The third-order valence-corrected chi connectivity index (χ3v) is 5.82. The molecule has 4 aromatic rings. The van der Waals surface area contributed by atoms with Gasteiger partial charge in [-0.2, -0.15) is 0 Å². The molecule has 4 heterocycles. The highest BCUT2D eigenvalue weighted by Crippen LogP contribution is 2.38. The van der Waals surface area contributed by atoms with Gasteiger partial charge >= 0.3 is 0 Å². The van der Waals surface area contributed by atoms with Crippen molar-refractivity contribution in [3.63, 3.8) is 0 Å². The van der Waals surface area contributed by atoms with E-state index < -0.39 is 30.6 Å². The molecule has 1 fully saturated rings. The molecule has 5 unspecified atom stereocenters. The fourth-order valence-corrected chi connectivity index (χ4v) is 4.13. The third kappa shape index (κ3) is 2.76. The average molecular weight is 394 g/mol. The lowest BCUT2D eigenvalue weighted by Gasteiger charge is -2.21. The Hall–Kier alpha value is -2.78. The van der Waals surface area contributed by atoms with E-state index in [1.165, 1.54) is 6.33 Å². The number of aromatic nitrogens is 4. The van der Waals surface area contributed by atoms with Crippen LogP contribution in [-0.2, 0) is 11.8 Å². The summed E-state index contributed by atoms with van der Waals surface area (Å²) in [5.74, 6) is 0. The summed E-state index contributed by atoms with van der Waals surface area (Å²) < 4.78 is 9.60. The molecule has 0 aliphatic carbocycles. The van der Waals surface area contributed by atoms with E-state index in [9.17, 15) is 15.3 Å². The van der Waals surface area contributed by atoms with E-state index in [4.69, 9.17) is 4.74 Å². The summed E-state index contributed by atoms with van der Waals surface area (Å²) in [6.45, 7) is 1.88. The van der Waals surface area contributed by atoms with E-state index in [1.807, 2.05) is 55.1 Å². The van der Waals surface area contributed by atoms with Gasteiger partial charge < -0.3 is 29.2 Å². The molecule has 1 aromatic carbocycles. The molecule has 0 saturated carbocycles. The Balaban J connectivity index is 1.48. The van der Waals surface area contributed by atoms with Crippen molar-refractivity contribution in [3.05, 3.63) is 60.3 Å². The van der Waals surface area contributed by atoms with Crippen molar-refractivity contribution in [1.29, 1.82) is 0 Å². The van der Waals surface area contributed by atoms with Gasteiger partial charge in [-0.1, -0.05) is 12.1 Å². The molecule has 3 aromatic heterocycles.